The van der Waals surface area contributed by atoms with Gasteiger partial charge in [-0.05, 0) is 37.8 Å². The average molecular weight is 282 g/mol. The van der Waals surface area contributed by atoms with Crippen molar-refractivity contribution < 1.29 is 18.3 Å². The maximum Gasteiger partial charge on any atom is 0.191 e. The minimum absolute atomic E-state index is 0.0444. The first-order valence-electron chi connectivity index (χ1n) is 6.37. The third kappa shape index (κ3) is 2.72. The second-order valence-electron chi connectivity index (χ2n) is 5.22. The van der Waals surface area contributed by atoms with E-state index in [2.05, 4.69) is 0 Å². The number of carbonyl (C=O) groups is 1. The van der Waals surface area contributed by atoms with Gasteiger partial charge in [-0.3, -0.25) is 4.79 Å². The average Bonchev–Trinajstić information content (AvgIpc) is 2.34. The number of sulfone groups is 1. The predicted octanol–water partition coefficient (Wildman–Crippen LogP) is 1.50. The molecule has 0 bridgehead atoms. The highest BCUT2D eigenvalue weighted by Gasteiger charge is 2.28. The van der Waals surface area contributed by atoms with Gasteiger partial charge in [-0.1, -0.05) is 18.2 Å². The van der Waals surface area contributed by atoms with Gasteiger partial charge in [-0.2, -0.15) is 0 Å². The minimum Gasteiger partial charge on any atom is -0.385 e. The van der Waals surface area contributed by atoms with Gasteiger partial charge < -0.3 is 5.11 Å². The summed E-state index contributed by atoms with van der Waals surface area (Å²) < 4.78 is 24.0. The highest BCUT2D eigenvalue weighted by Crippen LogP contribution is 2.26. The molecule has 1 atom stereocenters. The Morgan fingerprint density at radius 3 is 2.68 bits per heavy atom. The Labute approximate surface area is 113 Å². The Bertz CT molecular complexity index is 602. The molecule has 0 amide bonds. The van der Waals surface area contributed by atoms with Crippen molar-refractivity contribution in [3.8, 4) is 0 Å². The van der Waals surface area contributed by atoms with Gasteiger partial charge in [0.1, 0.15) is 6.10 Å². The van der Waals surface area contributed by atoms with Crippen molar-refractivity contribution in [3.05, 3.63) is 34.9 Å². The largest absolute Gasteiger partial charge is 0.385 e. The number of hydrogen-bond acceptors (Lipinski definition) is 4. The molecular formula is C14H18O4S. The van der Waals surface area contributed by atoms with Gasteiger partial charge in [0.05, 0.1) is 11.0 Å². The van der Waals surface area contributed by atoms with Crippen molar-refractivity contribution in [2.75, 3.05) is 0 Å². The quantitative estimate of drug-likeness (QED) is 0.912. The molecule has 0 aliphatic heterocycles. The van der Waals surface area contributed by atoms with E-state index in [-0.39, 0.29) is 11.5 Å². The summed E-state index contributed by atoms with van der Waals surface area (Å²) in [7, 11) is -3.19. The zero-order valence-corrected chi connectivity index (χ0v) is 11.9. The molecule has 1 aromatic rings. The van der Waals surface area contributed by atoms with Gasteiger partial charge in [-0.25, -0.2) is 8.42 Å². The Kier molecular flexibility index (Phi) is 3.78. The summed E-state index contributed by atoms with van der Waals surface area (Å²) >= 11 is 0. The lowest BCUT2D eigenvalue weighted by molar-refractivity contribution is 0.0712. The molecule has 2 rings (SSSR count). The first kappa shape index (κ1) is 14.2. The molecule has 0 radical (unpaired) electrons. The number of rotatable bonds is 3. The zero-order valence-electron chi connectivity index (χ0n) is 11.1. The lowest BCUT2D eigenvalue weighted by Gasteiger charge is -2.22. The molecule has 1 N–H and O–H groups in total. The molecule has 1 aromatic carbocycles. The van der Waals surface area contributed by atoms with Crippen molar-refractivity contribution in [2.45, 2.75) is 43.8 Å². The van der Waals surface area contributed by atoms with Crippen LogP contribution >= 0.6 is 0 Å². The third-order valence-corrected chi connectivity index (χ3v) is 5.73. The highest BCUT2D eigenvalue weighted by molar-refractivity contribution is 7.91. The molecule has 0 saturated carbocycles. The van der Waals surface area contributed by atoms with Gasteiger partial charge in [0.15, 0.2) is 15.6 Å². The molecular weight excluding hydrogens is 264 g/mol. The van der Waals surface area contributed by atoms with E-state index >= 15 is 0 Å². The SMILES string of the molecule is CC(C)S(=O)(=O)Cc1cccc2c1CCC(O)C2=O. The van der Waals surface area contributed by atoms with Crippen LogP contribution < -0.4 is 0 Å². The topological polar surface area (TPSA) is 71.4 Å². The van der Waals surface area contributed by atoms with Crippen molar-refractivity contribution in [1.29, 1.82) is 0 Å². The number of Topliss-reactive ketones (excluding diaryl/α,β-unsaturated/α-hetero) is 1. The van der Waals surface area contributed by atoms with Crippen LogP contribution in [0.4, 0.5) is 0 Å². The molecule has 1 aliphatic carbocycles. The summed E-state index contributed by atoms with van der Waals surface area (Å²) in [5.41, 5.74) is 1.93. The fourth-order valence-corrected chi connectivity index (χ4v) is 3.31. The van der Waals surface area contributed by atoms with E-state index in [9.17, 15) is 18.3 Å². The maximum atomic E-state index is 12.0. The van der Waals surface area contributed by atoms with Crippen LogP contribution in [0.15, 0.2) is 18.2 Å². The molecule has 0 heterocycles. The van der Waals surface area contributed by atoms with E-state index in [1.165, 1.54) is 0 Å². The summed E-state index contributed by atoms with van der Waals surface area (Å²) in [5.74, 6) is -0.345. The number of carbonyl (C=O) groups excluding carboxylic acids is 1. The maximum absolute atomic E-state index is 12.0. The van der Waals surface area contributed by atoms with E-state index in [4.69, 9.17) is 0 Å². The fraction of sp³-hybridized carbons (Fsp3) is 0.500. The lowest BCUT2D eigenvalue weighted by Crippen LogP contribution is -2.28. The molecule has 0 spiro atoms. The van der Waals surface area contributed by atoms with Crippen LogP contribution in [0.5, 0.6) is 0 Å². The van der Waals surface area contributed by atoms with Crippen LogP contribution in [0.2, 0.25) is 0 Å². The zero-order chi connectivity index (χ0) is 14.2. The third-order valence-electron chi connectivity index (χ3n) is 3.58. The summed E-state index contributed by atoms with van der Waals surface area (Å²) in [6.07, 6.45) is -0.0409. The van der Waals surface area contributed by atoms with Crippen LogP contribution in [0.25, 0.3) is 0 Å². The second-order valence-corrected chi connectivity index (χ2v) is 7.78. The Hall–Kier alpha value is -1.20. The van der Waals surface area contributed by atoms with E-state index < -0.39 is 21.2 Å². The van der Waals surface area contributed by atoms with E-state index in [1.807, 2.05) is 0 Å². The van der Waals surface area contributed by atoms with Gasteiger partial charge in [0, 0.05) is 5.56 Å². The molecule has 4 nitrogen and oxygen atoms in total. The van der Waals surface area contributed by atoms with Crippen LogP contribution in [0.1, 0.15) is 41.8 Å². The van der Waals surface area contributed by atoms with Crippen molar-refractivity contribution in [2.24, 2.45) is 0 Å². The lowest BCUT2D eigenvalue weighted by atomic mass is 9.86. The molecule has 104 valence electrons. The molecule has 0 fully saturated rings. The highest BCUT2D eigenvalue weighted by atomic mass is 32.2. The Balaban J connectivity index is 2.43. The first-order chi connectivity index (χ1) is 8.83. The number of fused-ring (bicyclic) bond motifs is 1. The number of aliphatic hydroxyl groups is 1. The van der Waals surface area contributed by atoms with E-state index in [1.54, 1.807) is 32.0 Å². The van der Waals surface area contributed by atoms with Crippen molar-refractivity contribution >= 4 is 15.6 Å². The standard InChI is InChI=1S/C14H18O4S/c1-9(2)19(17,18)8-10-4-3-5-12-11(10)6-7-13(15)14(12)16/h3-5,9,13,15H,6-8H2,1-2H3. The van der Waals surface area contributed by atoms with Gasteiger partial charge >= 0.3 is 0 Å². The van der Waals surface area contributed by atoms with Gasteiger partial charge in [0.25, 0.3) is 0 Å². The molecule has 1 unspecified atom stereocenters. The monoisotopic (exact) mass is 282 g/mol. The number of ketones is 1. The van der Waals surface area contributed by atoms with E-state index in [0.29, 0.717) is 24.0 Å². The minimum atomic E-state index is -3.19. The summed E-state index contributed by atoms with van der Waals surface area (Å²) in [6.45, 7) is 3.30. The van der Waals surface area contributed by atoms with Crippen LogP contribution in [-0.2, 0) is 22.0 Å². The normalized spacial score (nSPS) is 19.6. The van der Waals surface area contributed by atoms with Gasteiger partial charge in [-0.15, -0.1) is 0 Å². The fourth-order valence-electron chi connectivity index (χ4n) is 2.27. The van der Waals surface area contributed by atoms with Crippen molar-refractivity contribution in [3.63, 3.8) is 0 Å². The van der Waals surface area contributed by atoms with Crippen LogP contribution in [0, 0.1) is 0 Å². The summed E-state index contributed by atoms with van der Waals surface area (Å²) in [4.78, 5) is 11.9. The molecule has 1 aliphatic rings. The molecule has 19 heavy (non-hydrogen) atoms. The molecule has 0 aromatic heterocycles. The molecule has 5 heteroatoms. The van der Waals surface area contributed by atoms with Crippen LogP contribution in [0.3, 0.4) is 0 Å². The number of aliphatic hydroxyl groups excluding tert-OH is 1. The summed E-state index contributed by atoms with van der Waals surface area (Å²) in [5, 5.41) is 9.13. The summed E-state index contributed by atoms with van der Waals surface area (Å²) in [6, 6.07) is 5.09. The molecule has 0 saturated heterocycles. The van der Waals surface area contributed by atoms with E-state index in [0.717, 1.165) is 5.56 Å². The van der Waals surface area contributed by atoms with Crippen LogP contribution in [-0.4, -0.2) is 30.7 Å². The second kappa shape index (κ2) is 5.06. The Morgan fingerprint density at radius 2 is 2.05 bits per heavy atom. The predicted molar refractivity (Wildman–Crippen MR) is 72.9 cm³/mol. The van der Waals surface area contributed by atoms with Crippen molar-refractivity contribution in [1.82, 2.24) is 0 Å². The Morgan fingerprint density at radius 1 is 1.37 bits per heavy atom. The number of hydrogen-bond donors (Lipinski definition) is 1. The first-order valence-corrected chi connectivity index (χ1v) is 8.09. The van der Waals surface area contributed by atoms with Gasteiger partial charge in [0.2, 0.25) is 0 Å². The smallest absolute Gasteiger partial charge is 0.191 e. The number of benzene rings is 1.